The lowest BCUT2D eigenvalue weighted by Gasteiger charge is -2.17. The Hall–Kier alpha value is -0.910. The van der Waals surface area contributed by atoms with Crippen LogP contribution in [0.25, 0.3) is 0 Å². The topological polar surface area (TPSA) is 66.4 Å². The lowest BCUT2D eigenvalue weighted by molar-refractivity contribution is 0.195. The van der Waals surface area contributed by atoms with Crippen LogP contribution < -0.4 is 4.72 Å². The maximum atomic E-state index is 12.0. The van der Waals surface area contributed by atoms with Gasteiger partial charge in [-0.05, 0) is 30.2 Å². The number of aliphatic hydroxyl groups excluding tert-OH is 1. The largest absolute Gasteiger partial charge is 0.396 e. The van der Waals surface area contributed by atoms with Crippen molar-refractivity contribution in [1.29, 1.82) is 0 Å². The molecule has 0 saturated heterocycles. The second kappa shape index (κ2) is 6.50. The molecular weight excluding hydrogens is 262 g/mol. The molecule has 1 aromatic rings. The minimum absolute atomic E-state index is 0.0182. The van der Waals surface area contributed by atoms with Crippen molar-refractivity contribution < 1.29 is 13.5 Å². The Bertz CT molecular complexity index is 487. The first-order chi connectivity index (χ1) is 9.11. The Morgan fingerprint density at radius 2 is 1.84 bits per heavy atom. The summed E-state index contributed by atoms with van der Waals surface area (Å²) in [5, 5.41) is 9.22. The maximum Gasteiger partial charge on any atom is 0.215 e. The van der Waals surface area contributed by atoms with Gasteiger partial charge in [0.2, 0.25) is 10.0 Å². The van der Waals surface area contributed by atoms with Crippen molar-refractivity contribution in [2.24, 2.45) is 11.8 Å². The third-order valence-electron chi connectivity index (χ3n) is 3.82. The number of aliphatic hydroxyl groups is 1. The van der Waals surface area contributed by atoms with Crippen LogP contribution in [-0.2, 0) is 15.8 Å². The molecule has 0 spiro atoms. The van der Waals surface area contributed by atoms with Crippen LogP contribution in [0.5, 0.6) is 0 Å². The molecule has 0 heterocycles. The highest BCUT2D eigenvalue weighted by Crippen LogP contribution is 2.30. The van der Waals surface area contributed by atoms with Gasteiger partial charge in [-0.2, -0.15) is 0 Å². The highest BCUT2D eigenvalue weighted by atomic mass is 32.2. The molecule has 1 aliphatic carbocycles. The number of hydrogen-bond donors (Lipinski definition) is 2. The van der Waals surface area contributed by atoms with E-state index in [-0.39, 0.29) is 24.2 Å². The van der Waals surface area contributed by atoms with E-state index in [0.29, 0.717) is 6.54 Å². The van der Waals surface area contributed by atoms with Gasteiger partial charge in [0.1, 0.15) is 0 Å². The maximum absolute atomic E-state index is 12.0. The van der Waals surface area contributed by atoms with Crippen LogP contribution in [0.3, 0.4) is 0 Å². The van der Waals surface area contributed by atoms with Gasteiger partial charge in [-0.3, -0.25) is 0 Å². The highest BCUT2D eigenvalue weighted by molar-refractivity contribution is 7.88. The van der Waals surface area contributed by atoms with Crippen molar-refractivity contribution in [2.75, 3.05) is 13.2 Å². The average Bonchev–Trinajstić information content (AvgIpc) is 2.84. The Balaban J connectivity index is 1.88. The molecule has 106 valence electrons. The molecule has 0 amide bonds. The number of nitrogens with one attached hydrogen (secondary N) is 1. The summed E-state index contributed by atoms with van der Waals surface area (Å²) in [6.45, 7) is 0.603. The molecule has 1 aliphatic rings. The van der Waals surface area contributed by atoms with Crippen molar-refractivity contribution in [3.05, 3.63) is 35.9 Å². The quantitative estimate of drug-likeness (QED) is 0.832. The normalized spacial score (nSPS) is 23.6. The van der Waals surface area contributed by atoms with E-state index in [9.17, 15) is 13.5 Å². The van der Waals surface area contributed by atoms with Gasteiger partial charge >= 0.3 is 0 Å². The first kappa shape index (κ1) is 14.5. The summed E-state index contributed by atoms with van der Waals surface area (Å²) in [4.78, 5) is 0. The van der Waals surface area contributed by atoms with E-state index < -0.39 is 10.0 Å². The van der Waals surface area contributed by atoms with E-state index in [2.05, 4.69) is 4.72 Å². The molecule has 4 nitrogen and oxygen atoms in total. The zero-order valence-corrected chi connectivity index (χ0v) is 11.8. The monoisotopic (exact) mass is 283 g/mol. The van der Waals surface area contributed by atoms with Gasteiger partial charge in [-0.15, -0.1) is 0 Å². The molecule has 5 heteroatoms. The van der Waals surface area contributed by atoms with Crippen LogP contribution in [0.2, 0.25) is 0 Å². The summed E-state index contributed by atoms with van der Waals surface area (Å²) in [5.41, 5.74) is 0.792. The van der Waals surface area contributed by atoms with E-state index >= 15 is 0 Å². The minimum Gasteiger partial charge on any atom is -0.396 e. The van der Waals surface area contributed by atoms with E-state index in [4.69, 9.17) is 0 Å². The molecule has 1 fully saturated rings. The number of sulfonamides is 1. The zero-order valence-electron chi connectivity index (χ0n) is 11.0. The van der Waals surface area contributed by atoms with Crippen LogP contribution in [0.15, 0.2) is 30.3 Å². The second-order valence-corrected chi connectivity index (χ2v) is 7.03. The highest BCUT2D eigenvalue weighted by Gasteiger charge is 2.27. The lowest BCUT2D eigenvalue weighted by atomic mass is 9.97. The fourth-order valence-electron chi connectivity index (χ4n) is 2.70. The van der Waals surface area contributed by atoms with Crippen molar-refractivity contribution in [1.82, 2.24) is 4.72 Å². The predicted molar refractivity (Wildman–Crippen MR) is 75.0 cm³/mol. The van der Waals surface area contributed by atoms with Crippen LogP contribution in [0, 0.1) is 11.8 Å². The van der Waals surface area contributed by atoms with Gasteiger partial charge in [0.15, 0.2) is 0 Å². The number of benzene rings is 1. The molecule has 0 bridgehead atoms. The van der Waals surface area contributed by atoms with Gasteiger partial charge in [0, 0.05) is 13.2 Å². The molecule has 2 atom stereocenters. The third-order valence-corrected chi connectivity index (χ3v) is 5.14. The van der Waals surface area contributed by atoms with Crippen molar-refractivity contribution in [3.8, 4) is 0 Å². The summed E-state index contributed by atoms with van der Waals surface area (Å²) in [6.07, 6.45) is 3.08. The molecular formula is C14H21NO3S. The minimum atomic E-state index is -3.29. The van der Waals surface area contributed by atoms with Crippen molar-refractivity contribution in [3.63, 3.8) is 0 Å². The first-order valence-corrected chi connectivity index (χ1v) is 8.38. The number of hydrogen-bond acceptors (Lipinski definition) is 3. The fourth-order valence-corrected chi connectivity index (χ4v) is 3.90. The Kier molecular flexibility index (Phi) is 4.96. The van der Waals surface area contributed by atoms with Gasteiger partial charge < -0.3 is 5.11 Å². The zero-order chi connectivity index (χ0) is 13.7. The Labute approximate surface area is 114 Å². The van der Waals surface area contributed by atoms with Gasteiger partial charge in [-0.1, -0.05) is 36.8 Å². The molecule has 0 aromatic heterocycles. The Morgan fingerprint density at radius 3 is 2.53 bits per heavy atom. The molecule has 0 radical (unpaired) electrons. The summed E-state index contributed by atoms with van der Waals surface area (Å²) in [5.74, 6) is 0.541. The SMILES string of the molecule is O=S(=O)(Cc1ccccc1)NCC1CCCC1CO. The predicted octanol–water partition coefficient (Wildman–Crippen LogP) is 1.51. The molecule has 2 unspecified atom stereocenters. The lowest BCUT2D eigenvalue weighted by Crippen LogP contribution is -2.32. The molecule has 0 aliphatic heterocycles. The molecule has 19 heavy (non-hydrogen) atoms. The van der Waals surface area contributed by atoms with E-state index in [1.165, 1.54) is 0 Å². The van der Waals surface area contributed by atoms with Crippen LogP contribution in [0.4, 0.5) is 0 Å². The van der Waals surface area contributed by atoms with E-state index in [0.717, 1.165) is 24.8 Å². The third kappa shape index (κ3) is 4.30. The van der Waals surface area contributed by atoms with Gasteiger partial charge in [-0.25, -0.2) is 13.1 Å². The summed E-state index contributed by atoms with van der Waals surface area (Å²) in [6, 6.07) is 9.16. The van der Waals surface area contributed by atoms with Crippen LogP contribution in [0.1, 0.15) is 24.8 Å². The van der Waals surface area contributed by atoms with Crippen LogP contribution in [-0.4, -0.2) is 26.7 Å². The summed E-state index contributed by atoms with van der Waals surface area (Å²) in [7, 11) is -3.29. The van der Waals surface area contributed by atoms with Crippen molar-refractivity contribution >= 4 is 10.0 Å². The smallest absolute Gasteiger partial charge is 0.215 e. The standard InChI is InChI=1S/C14H21NO3S/c16-10-14-8-4-7-13(14)9-15-19(17,18)11-12-5-2-1-3-6-12/h1-3,5-6,13-16H,4,7-11H2. The molecule has 1 aromatic carbocycles. The Morgan fingerprint density at radius 1 is 1.16 bits per heavy atom. The summed E-state index contributed by atoms with van der Waals surface area (Å²) >= 11 is 0. The van der Waals surface area contributed by atoms with E-state index in [1.807, 2.05) is 30.3 Å². The van der Waals surface area contributed by atoms with Gasteiger partial charge in [0.25, 0.3) is 0 Å². The second-order valence-electron chi connectivity index (χ2n) is 5.23. The summed E-state index contributed by atoms with van der Waals surface area (Å²) < 4.78 is 26.6. The average molecular weight is 283 g/mol. The van der Waals surface area contributed by atoms with E-state index in [1.54, 1.807) is 0 Å². The fraction of sp³-hybridized carbons (Fsp3) is 0.571. The molecule has 1 saturated carbocycles. The van der Waals surface area contributed by atoms with Gasteiger partial charge in [0.05, 0.1) is 5.75 Å². The molecule has 2 N–H and O–H groups in total. The first-order valence-electron chi connectivity index (χ1n) is 6.73. The van der Waals surface area contributed by atoms with Crippen LogP contribution >= 0.6 is 0 Å². The molecule has 2 rings (SSSR count). The number of rotatable bonds is 6. The van der Waals surface area contributed by atoms with Crippen molar-refractivity contribution in [2.45, 2.75) is 25.0 Å².